The number of anilines is 1. The maximum Gasteiger partial charge on any atom is 0.308 e. The molecule has 38 heavy (non-hydrogen) atoms. The first-order valence-corrected chi connectivity index (χ1v) is 13.9. The average molecular weight is 526 g/mol. The maximum atomic E-state index is 12.3. The van der Waals surface area contributed by atoms with E-state index in [0.717, 1.165) is 64.1 Å². The largest absolute Gasteiger partial charge is 0.460 e. The van der Waals surface area contributed by atoms with E-state index < -0.39 is 5.60 Å². The monoisotopic (exact) mass is 525 g/mol. The molecule has 8 nitrogen and oxygen atoms in total. The van der Waals surface area contributed by atoms with Gasteiger partial charge in [0.1, 0.15) is 11.3 Å². The van der Waals surface area contributed by atoms with E-state index in [-0.39, 0.29) is 23.6 Å². The molecule has 2 aromatic rings. The van der Waals surface area contributed by atoms with E-state index in [1.807, 2.05) is 32.9 Å². The molecule has 0 atom stereocenters. The van der Waals surface area contributed by atoms with Gasteiger partial charge in [-0.15, -0.1) is 0 Å². The fraction of sp³-hybridized carbons (Fsp3) is 0.600. The summed E-state index contributed by atoms with van der Waals surface area (Å²) < 4.78 is 17.3. The van der Waals surface area contributed by atoms with Crippen molar-refractivity contribution in [2.75, 3.05) is 57.4 Å². The lowest BCUT2D eigenvalue weighted by molar-refractivity contribution is -0.156. The van der Waals surface area contributed by atoms with Crippen LogP contribution in [-0.2, 0) is 31.8 Å². The second-order valence-electron chi connectivity index (χ2n) is 11.4. The summed E-state index contributed by atoms with van der Waals surface area (Å²) in [4.78, 5) is 31.6. The molecule has 1 spiro atoms. The Hall–Kier alpha value is -2.68. The molecule has 2 fully saturated rings. The van der Waals surface area contributed by atoms with E-state index in [1.54, 1.807) is 6.20 Å². The number of carbonyl (C=O) groups is 1. The van der Waals surface area contributed by atoms with Gasteiger partial charge in [0, 0.05) is 38.9 Å². The number of esters is 1. The Bertz CT molecular complexity index is 1100. The van der Waals surface area contributed by atoms with Crippen LogP contribution in [0.1, 0.15) is 51.2 Å². The quantitative estimate of drug-likeness (QED) is 0.375. The predicted octanol–water partition coefficient (Wildman–Crippen LogP) is 3.58. The smallest absolute Gasteiger partial charge is 0.308 e. The standard InChI is InChI=1S/C30H43N3O5/c1-29(2,3)38-27(34)11-20-36-19-10-25-7-4-6-24(22-25)9-15-32-16-12-30(13-17-32)23-33(18-21-37-30)26-8-5-14-31-28(26)35/h4-8,14,22H,9-13,15-21,23H2,1-3H3,(H,31,35). The maximum absolute atomic E-state index is 12.3. The number of nitrogens with zero attached hydrogens (tertiary/aromatic N) is 2. The number of likely N-dealkylation sites (tertiary alicyclic amines) is 1. The van der Waals surface area contributed by atoms with Crippen LogP contribution in [0.15, 0.2) is 47.4 Å². The van der Waals surface area contributed by atoms with Gasteiger partial charge in [-0.2, -0.15) is 0 Å². The summed E-state index contributed by atoms with van der Waals surface area (Å²) in [5, 5.41) is 0. The molecule has 8 heteroatoms. The highest BCUT2D eigenvalue weighted by Crippen LogP contribution is 2.31. The molecule has 1 N–H and O–H groups in total. The molecule has 0 saturated carbocycles. The van der Waals surface area contributed by atoms with Crippen LogP contribution in [-0.4, -0.2) is 79.6 Å². The molecule has 0 amide bonds. The van der Waals surface area contributed by atoms with Crippen molar-refractivity contribution >= 4 is 11.7 Å². The van der Waals surface area contributed by atoms with Crippen LogP contribution in [0, 0.1) is 0 Å². The van der Waals surface area contributed by atoms with Crippen molar-refractivity contribution in [1.82, 2.24) is 9.88 Å². The summed E-state index contributed by atoms with van der Waals surface area (Å²) in [6.07, 6.45) is 5.75. The van der Waals surface area contributed by atoms with Crippen molar-refractivity contribution < 1.29 is 19.0 Å². The second kappa shape index (κ2) is 12.9. The molecule has 0 unspecified atom stereocenters. The lowest BCUT2D eigenvalue weighted by atomic mass is 9.89. The predicted molar refractivity (Wildman–Crippen MR) is 149 cm³/mol. The Morgan fingerprint density at radius 2 is 1.82 bits per heavy atom. The summed E-state index contributed by atoms with van der Waals surface area (Å²) in [5.41, 5.74) is 2.68. The van der Waals surface area contributed by atoms with Crippen LogP contribution in [0.4, 0.5) is 5.69 Å². The molecule has 208 valence electrons. The minimum atomic E-state index is -0.456. The van der Waals surface area contributed by atoms with Gasteiger partial charge in [0.05, 0.1) is 31.8 Å². The number of ether oxygens (including phenoxy) is 3. The zero-order chi connectivity index (χ0) is 27.0. The summed E-state index contributed by atoms with van der Waals surface area (Å²) >= 11 is 0. The number of pyridine rings is 1. The average Bonchev–Trinajstić information content (AvgIpc) is 2.88. The number of carbonyl (C=O) groups excluding carboxylic acids is 1. The van der Waals surface area contributed by atoms with Gasteiger partial charge in [-0.3, -0.25) is 9.59 Å². The first kappa shape index (κ1) is 28.3. The fourth-order valence-corrected chi connectivity index (χ4v) is 5.27. The van der Waals surface area contributed by atoms with E-state index in [1.165, 1.54) is 11.1 Å². The third kappa shape index (κ3) is 8.41. The van der Waals surface area contributed by atoms with Crippen molar-refractivity contribution in [1.29, 1.82) is 0 Å². The van der Waals surface area contributed by atoms with Crippen LogP contribution in [0.2, 0.25) is 0 Å². The second-order valence-corrected chi connectivity index (χ2v) is 11.4. The van der Waals surface area contributed by atoms with E-state index >= 15 is 0 Å². The minimum absolute atomic E-state index is 0.0309. The Morgan fingerprint density at radius 3 is 2.55 bits per heavy atom. The topological polar surface area (TPSA) is 84.1 Å². The first-order chi connectivity index (χ1) is 18.2. The molecular weight excluding hydrogens is 482 g/mol. The zero-order valence-corrected chi connectivity index (χ0v) is 23.2. The van der Waals surface area contributed by atoms with Crippen LogP contribution >= 0.6 is 0 Å². The number of piperidine rings is 1. The molecule has 2 aliphatic rings. The minimum Gasteiger partial charge on any atom is -0.460 e. The van der Waals surface area contributed by atoms with E-state index in [4.69, 9.17) is 14.2 Å². The van der Waals surface area contributed by atoms with Crippen LogP contribution in [0.5, 0.6) is 0 Å². The summed E-state index contributed by atoms with van der Waals surface area (Å²) in [7, 11) is 0. The van der Waals surface area contributed by atoms with Gasteiger partial charge in [-0.05, 0) is 69.7 Å². The van der Waals surface area contributed by atoms with Crippen LogP contribution in [0.3, 0.4) is 0 Å². The number of aromatic nitrogens is 1. The third-order valence-corrected chi connectivity index (χ3v) is 7.27. The number of H-pyrrole nitrogens is 1. The van der Waals surface area contributed by atoms with Crippen LogP contribution < -0.4 is 10.5 Å². The molecule has 0 radical (unpaired) electrons. The number of nitrogens with one attached hydrogen (secondary N) is 1. The van der Waals surface area contributed by atoms with Crippen molar-refractivity contribution in [3.63, 3.8) is 0 Å². The number of hydrogen-bond donors (Lipinski definition) is 1. The molecule has 4 rings (SSSR count). The molecule has 0 aliphatic carbocycles. The lowest BCUT2D eigenvalue weighted by Crippen LogP contribution is -2.57. The van der Waals surface area contributed by atoms with Gasteiger partial charge in [0.15, 0.2) is 0 Å². The Balaban J connectivity index is 1.17. The Kier molecular flexibility index (Phi) is 9.63. The fourth-order valence-electron chi connectivity index (χ4n) is 5.27. The molecule has 2 saturated heterocycles. The first-order valence-electron chi connectivity index (χ1n) is 13.9. The van der Waals surface area contributed by atoms with Crippen LogP contribution in [0.25, 0.3) is 0 Å². The normalized spacial score (nSPS) is 18.0. The molecule has 1 aromatic heterocycles. The van der Waals surface area contributed by atoms with Crippen molar-refractivity contribution in [2.24, 2.45) is 0 Å². The van der Waals surface area contributed by atoms with Crippen molar-refractivity contribution in [3.8, 4) is 0 Å². The number of benzene rings is 1. The zero-order valence-electron chi connectivity index (χ0n) is 23.2. The van der Waals surface area contributed by atoms with Crippen molar-refractivity contribution in [2.45, 2.75) is 64.1 Å². The summed E-state index contributed by atoms with van der Waals surface area (Å²) in [6, 6.07) is 12.5. The van der Waals surface area contributed by atoms with Gasteiger partial charge >= 0.3 is 5.97 Å². The third-order valence-electron chi connectivity index (χ3n) is 7.27. The summed E-state index contributed by atoms with van der Waals surface area (Å²) in [5.74, 6) is -0.220. The number of rotatable bonds is 10. The molecule has 3 heterocycles. The Morgan fingerprint density at radius 1 is 1.05 bits per heavy atom. The highest BCUT2D eigenvalue weighted by atomic mass is 16.6. The van der Waals surface area contributed by atoms with Crippen molar-refractivity contribution in [3.05, 3.63) is 64.1 Å². The molecule has 0 bridgehead atoms. The van der Waals surface area contributed by atoms with E-state index in [2.05, 4.69) is 39.0 Å². The highest BCUT2D eigenvalue weighted by molar-refractivity contribution is 5.69. The van der Waals surface area contributed by atoms with Gasteiger partial charge in [0.25, 0.3) is 5.56 Å². The SMILES string of the molecule is CC(C)(C)OC(=O)CCOCCc1cccc(CCN2CCC3(CC2)CN(c2ccc[nH]c2=O)CCO3)c1. The Labute approximate surface area is 226 Å². The molecule has 2 aliphatic heterocycles. The number of hydrogen-bond acceptors (Lipinski definition) is 7. The van der Waals surface area contributed by atoms with Gasteiger partial charge in [-0.1, -0.05) is 24.3 Å². The number of morpholine rings is 1. The van der Waals surface area contributed by atoms with E-state index in [0.29, 0.717) is 19.8 Å². The van der Waals surface area contributed by atoms with Gasteiger partial charge in [-0.25, -0.2) is 0 Å². The van der Waals surface area contributed by atoms with Gasteiger partial charge in [0.2, 0.25) is 0 Å². The van der Waals surface area contributed by atoms with Gasteiger partial charge < -0.3 is 29.0 Å². The van der Waals surface area contributed by atoms with E-state index in [9.17, 15) is 9.59 Å². The number of aromatic amines is 1. The highest BCUT2D eigenvalue weighted by Gasteiger charge is 2.40. The lowest BCUT2D eigenvalue weighted by Gasteiger charge is -2.47. The summed E-state index contributed by atoms with van der Waals surface area (Å²) in [6.45, 7) is 11.8. The molecule has 1 aromatic carbocycles. The molecular formula is C30H43N3O5.